The minimum atomic E-state index is -3.47. The number of ether oxygens (including phenoxy) is 1. The molecule has 1 unspecified atom stereocenters. The van der Waals surface area contributed by atoms with Crippen molar-refractivity contribution in [1.82, 2.24) is 4.90 Å². The van der Waals surface area contributed by atoms with Gasteiger partial charge in [0, 0.05) is 6.54 Å². The van der Waals surface area contributed by atoms with Crippen LogP contribution in [0.2, 0.25) is 0 Å². The molecule has 1 heterocycles. The smallest absolute Gasteiger partial charge is 0.431 e. The molecule has 0 aliphatic carbocycles. The Hall–Kier alpha value is -2.30. The maximum atomic E-state index is 13.3. The standard InChI is InChI=1S/C18H20NO5P/c1-15-19(14-18(20)22-15)12-13-25(21,23-16-8-4-2-5-9-16)24-17-10-6-3-7-11-17/h2-11,15H,12-14H2,1H3. The highest BCUT2D eigenvalue weighted by Crippen LogP contribution is 2.48. The van der Waals surface area contributed by atoms with E-state index in [2.05, 4.69) is 0 Å². The van der Waals surface area contributed by atoms with Crippen LogP contribution in [0.4, 0.5) is 0 Å². The molecule has 1 atom stereocenters. The number of nitrogens with zero attached hydrogens (tertiary/aromatic N) is 1. The summed E-state index contributed by atoms with van der Waals surface area (Å²) < 4.78 is 29.8. The average Bonchev–Trinajstić information content (AvgIpc) is 2.92. The molecule has 0 bridgehead atoms. The van der Waals surface area contributed by atoms with Crippen LogP contribution in [-0.2, 0) is 14.1 Å². The highest BCUT2D eigenvalue weighted by atomic mass is 31.2. The number of hydrogen-bond acceptors (Lipinski definition) is 6. The van der Waals surface area contributed by atoms with Crippen molar-refractivity contribution in [2.24, 2.45) is 0 Å². The van der Waals surface area contributed by atoms with Gasteiger partial charge in [0.25, 0.3) is 0 Å². The lowest BCUT2D eigenvalue weighted by Crippen LogP contribution is -2.31. The van der Waals surface area contributed by atoms with Crippen LogP contribution in [-0.4, -0.2) is 36.3 Å². The Labute approximate surface area is 146 Å². The number of para-hydroxylation sites is 2. The number of rotatable bonds is 7. The lowest BCUT2D eigenvalue weighted by Gasteiger charge is -2.23. The summed E-state index contributed by atoms with van der Waals surface area (Å²) >= 11 is 0. The molecule has 2 aromatic rings. The van der Waals surface area contributed by atoms with E-state index in [1.165, 1.54) is 0 Å². The molecule has 0 saturated carbocycles. The van der Waals surface area contributed by atoms with Crippen molar-refractivity contribution in [3.63, 3.8) is 0 Å². The first kappa shape index (κ1) is 17.5. The third kappa shape index (κ3) is 4.84. The van der Waals surface area contributed by atoms with E-state index < -0.39 is 7.60 Å². The fourth-order valence-corrected chi connectivity index (χ4v) is 4.11. The monoisotopic (exact) mass is 361 g/mol. The van der Waals surface area contributed by atoms with Gasteiger partial charge in [-0.15, -0.1) is 0 Å². The maximum absolute atomic E-state index is 13.3. The lowest BCUT2D eigenvalue weighted by molar-refractivity contribution is -0.140. The molecule has 3 rings (SSSR count). The molecule has 6 nitrogen and oxygen atoms in total. The van der Waals surface area contributed by atoms with Crippen molar-refractivity contribution >= 4 is 13.6 Å². The molecule has 1 fully saturated rings. The lowest BCUT2D eigenvalue weighted by atomic mass is 10.3. The second kappa shape index (κ2) is 7.72. The number of benzene rings is 2. The summed E-state index contributed by atoms with van der Waals surface area (Å²) in [5.74, 6) is 0.669. The van der Waals surface area contributed by atoms with Crippen LogP contribution in [0.1, 0.15) is 6.92 Å². The Kier molecular flexibility index (Phi) is 5.41. The molecule has 0 N–H and O–H groups in total. The molecule has 0 spiro atoms. The molecule has 1 aliphatic rings. The topological polar surface area (TPSA) is 65.1 Å². The molecule has 1 aliphatic heterocycles. The van der Waals surface area contributed by atoms with E-state index in [1.54, 1.807) is 60.4 Å². The molecular formula is C18H20NO5P. The van der Waals surface area contributed by atoms with Crippen molar-refractivity contribution < 1.29 is 23.1 Å². The number of carbonyl (C=O) groups excluding carboxylic acids is 1. The minimum absolute atomic E-state index is 0.137. The van der Waals surface area contributed by atoms with Gasteiger partial charge in [0.2, 0.25) is 0 Å². The molecule has 25 heavy (non-hydrogen) atoms. The molecule has 0 amide bonds. The van der Waals surface area contributed by atoms with E-state index in [-0.39, 0.29) is 24.9 Å². The van der Waals surface area contributed by atoms with Crippen LogP contribution >= 0.6 is 7.60 Å². The maximum Gasteiger partial charge on any atom is 0.431 e. The number of cyclic esters (lactones) is 1. The minimum Gasteiger partial charge on any atom is -0.446 e. The number of esters is 1. The van der Waals surface area contributed by atoms with E-state index in [0.717, 1.165) is 0 Å². The summed E-state index contributed by atoms with van der Waals surface area (Å²) in [6, 6.07) is 17.8. The van der Waals surface area contributed by atoms with Gasteiger partial charge >= 0.3 is 13.6 Å². The molecule has 0 aromatic heterocycles. The Morgan fingerprint density at radius 3 is 2.00 bits per heavy atom. The Morgan fingerprint density at radius 2 is 1.56 bits per heavy atom. The summed E-state index contributed by atoms with van der Waals surface area (Å²) in [4.78, 5) is 13.2. The van der Waals surface area contributed by atoms with Crippen LogP contribution in [0.25, 0.3) is 0 Å². The first-order valence-corrected chi connectivity index (χ1v) is 9.79. The van der Waals surface area contributed by atoms with Crippen LogP contribution in [0.5, 0.6) is 11.5 Å². The van der Waals surface area contributed by atoms with E-state index in [0.29, 0.717) is 18.0 Å². The van der Waals surface area contributed by atoms with Gasteiger partial charge < -0.3 is 13.8 Å². The SMILES string of the molecule is CC1OC(=O)CN1CCP(=O)(Oc1ccccc1)Oc1ccccc1. The number of hydrogen-bond donors (Lipinski definition) is 0. The van der Waals surface area contributed by atoms with Gasteiger partial charge in [0.15, 0.2) is 6.23 Å². The van der Waals surface area contributed by atoms with Crippen molar-refractivity contribution in [2.75, 3.05) is 19.3 Å². The van der Waals surface area contributed by atoms with Gasteiger partial charge in [-0.2, -0.15) is 0 Å². The zero-order chi connectivity index (χ0) is 17.7. The zero-order valence-corrected chi connectivity index (χ0v) is 14.8. The Bertz CT molecular complexity index is 707. The fourth-order valence-electron chi connectivity index (χ4n) is 2.50. The summed E-state index contributed by atoms with van der Waals surface area (Å²) in [7, 11) is -3.47. The summed E-state index contributed by atoms with van der Waals surface area (Å²) in [5.41, 5.74) is 0. The fraction of sp³-hybridized carbons (Fsp3) is 0.278. The predicted octanol–water partition coefficient (Wildman–Crippen LogP) is 3.54. The van der Waals surface area contributed by atoms with Crippen LogP contribution in [0.3, 0.4) is 0 Å². The first-order chi connectivity index (χ1) is 12.0. The van der Waals surface area contributed by atoms with Gasteiger partial charge in [0.05, 0.1) is 12.7 Å². The summed E-state index contributed by atoms with van der Waals surface area (Å²) in [6.45, 7) is 2.33. The van der Waals surface area contributed by atoms with Gasteiger partial charge in [-0.25, -0.2) is 4.57 Å². The largest absolute Gasteiger partial charge is 0.446 e. The molecular weight excluding hydrogens is 341 g/mol. The van der Waals surface area contributed by atoms with Crippen LogP contribution in [0, 0.1) is 0 Å². The third-order valence-electron chi connectivity index (χ3n) is 3.78. The van der Waals surface area contributed by atoms with E-state index in [4.69, 9.17) is 13.8 Å². The highest BCUT2D eigenvalue weighted by Gasteiger charge is 2.34. The van der Waals surface area contributed by atoms with Crippen molar-refractivity contribution in [3.05, 3.63) is 60.7 Å². The van der Waals surface area contributed by atoms with E-state index in [1.807, 2.05) is 12.1 Å². The normalized spacial score (nSPS) is 18.0. The first-order valence-electron chi connectivity index (χ1n) is 8.06. The average molecular weight is 361 g/mol. The van der Waals surface area contributed by atoms with Gasteiger partial charge in [-0.3, -0.25) is 9.69 Å². The molecule has 132 valence electrons. The zero-order valence-electron chi connectivity index (χ0n) is 13.9. The second-order valence-corrected chi connectivity index (χ2v) is 7.74. The van der Waals surface area contributed by atoms with Crippen molar-refractivity contribution in [2.45, 2.75) is 13.2 Å². The van der Waals surface area contributed by atoms with E-state index in [9.17, 15) is 9.36 Å². The highest BCUT2D eigenvalue weighted by molar-refractivity contribution is 7.54. The summed E-state index contributed by atoms with van der Waals surface area (Å²) in [5, 5.41) is 0. The van der Waals surface area contributed by atoms with Crippen molar-refractivity contribution in [3.8, 4) is 11.5 Å². The van der Waals surface area contributed by atoms with Crippen LogP contribution < -0.4 is 9.05 Å². The molecule has 1 saturated heterocycles. The molecule has 2 aromatic carbocycles. The Balaban J connectivity index is 1.74. The predicted molar refractivity (Wildman–Crippen MR) is 93.7 cm³/mol. The Morgan fingerprint density at radius 1 is 1.04 bits per heavy atom. The van der Waals surface area contributed by atoms with Crippen LogP contribution in [0.15, 0.2) is 60.7 Å². The number of carbonyl (C=O) groups is 1. The van der Waals surface area contributed by atoms with Gasteiger partial charge in [-0.05, 0) is 31.2 Å². The van der Waals surface area contributed by atoms with Gasteiger partial charge in [-0.1, -0.05) is 36.4 Å². The van der Waals surface area contributed by atoms with Crippen molar-refractivity contribution in [1.29, 1.82) is 0 Å². The quantitative estimate of drug-likeness (QED) is 0.555. The van der Waals surface area contributed by atoms with E-state index >= 15 is 0 Å². The summed E-state index contributed by atoms with van der Waals surface area (Å²) in [6.07, 6.45) is -0.202. The molecule has 7 heteroatoms. The molecule has 0 radical (unpaired) electrons. The van der Waals surface area contributed by atoms with Gasteiger partial charge in [0.1, 0.15) is 11.5 Å². The second-order valence-electron chi connectivity index (χ2n) is 5.70. The third-order valence-corrected chi connectivity index (χ3v) is 5.51.